The van der Waals surface area contributed by atoms with Crippen molar-refractivity contribution in [1.29, 1.82) is 0 Å². The van der Waals surface area contributed by atoms with Crippen LogP contribution in [0.5, 0.6) is 0 Å². The predicted molar refractivity (Wildman–Crippen MR) is 92.0 cm³/mol. The van der Waals surface area contributed by atoms with Gasteiger partial charge in [-0.3, -0.25) is 9.69 Å². The molecule has 1 heterocycles. The molecule has 0 radical (unpaired) electrons. The van der Waals surface area contributed by atoms with Crippen molar-refractivity contribution in [3.05, 3.63) is 77.9 Å². The third-order valence-corrected chi connectivity index (χ3v) is 4.34. The van der Waals surface area contributed by atoms with E-state index in [-0.39, 0.29) is 5.91 Å². The van der Waals surface area contributed by atoms with Crippen LogP contribution >= 0.6 is 0 Å². The van der Waals surface area contributed by atoms with E-state index in [1.165, 1.54) is 17.0 Å². The molecule has 1 aliphatic heterocycles. The summed E-state index contributed by atoms with van der Waals surface area (Å²) in [4.78, 5) is 14.3. The first kappa shape index (κ1) is 15.4. The Morgan fingerprint density at radius 1 is 1.00 bits per heavy atom. The van der Waals surface area contributed by atoms with E-state index >= 15 is 0 Å². The number of carbonyl (C=O) groups is 1. The van der Waals surface area contributed by atoms with Crippen LogP contribution in [0.3, 0.4) is 0 Å². The number of hydrogen-bond donors (Lipinski definition) is 0. The van der Waals surface area contributed by atoms with Gasteiger partial charge in [-0.15, -0.1) is 0 Å². The minimum atomic E-state index is -4.41. The van der Waals surface area contributed by atoms with Gasteiger partial charge in [-0.2, -0.15) is 13.2 Å². The largest absolute Gasteiger partial charge is 0.416 e. The zero-order valence-electron chi connectivity index (χ0n) is 13.0. The second-order valence-electron chi connectivity index (χ2n) is 5.83. The lowest BCUT2D eigenvalue weighted by Crippen LogP contribution is -2.21. The van der Waals surface area contributed by atoms with Crippen molar-refractivity contribution in [2.45, 2.75) is 6.18 Å². The van der Waals surface area contributed by atoms with E-state index in [1.54, 1.807) is 18.2 Å². The number of hydrogen-bond acceptors (Lipinski definition) is 1. The predicted octanol–water partition coefficient (Wildman–Crippen LogP) is 5.79. The maximum absolute atomic E-state index is 12.8. The topological polar surface area (TPSA) is 20.3 Å². The van der Waals surface area contributed by atoms with Gasteiger partial charge in [0.1, 0.15) is 0 Å². The van der Waals surface area contributed by atoms with Gasteiger partial charge >= 0.3 is 6.18 Å². The highest BCUT2D eigenvalue weighted by atomic mass is 19.4. The third kappa shape index (κ3) is 2.31. The number of rotatable bonds is 2. The molecule has 0 spiro atoms. The number of alkyl halides is 3. The standard InChI is InChI=1S/C20H12F3NO/c1-2-12-10-13-4-3-5-16-18(13)17(11-12)24(19(16)25)15-8-6-14(7-9-15)20(21,22)23/h2-11H,1H2. The maximum Gasteiger partial charge on any atom is 0.416 e. The summed E-state index contributed by atoms with van der Waals surface area (Å²) in [6.45, 7) is 3.76. The van der Waals surface area contributed by atoms with E-state index in [0.717, 1.165) is 28.5 Å². The average molecular weight is 339 g/mol. The molecule has 0 atom stereocenters. The van der Waals surface area contributed by atoms with Crippen LogP contribution in [0, 0.1) is 0 Å². The molecule has 0 saturated heterocycles. The van der Waals surface area contributed by atoms with Gasteiger partial charge in [0.05, 0.1) is 16.8 Å². The van der Waals surface area contributed by atoms with E-state index in [9.17, 15) is 18.0 Å². The quantitative estimate of drug-likeness (QED) is 0.578. The summed E-state index contributed by atoms with van der Waals surface area (Å²) >= 11 is 0. The summed E-state index contributed by atoms with van der Waals surface area (Å²) in [6, 6.07) is 13.8. The highest BCUT2D eigenvalue weighted by Gasteiger charge is 2.33. The van der Waals surface area contributed by atoms with Gasteiger partial charge in [0.2, 0.25) is 0 Å². The molecule has 25 heavy (non-hydrogen) atoms. The first-order chi connectivity index (χ1) is 11.9. The Bertz CT molecular complexity index is 1020. The maximum atomic E-state index is 12.8. The molecule has 124 valence electrons. The van der Waals surface area contributed by atoms with E-state index in [1.807, 2.05) is 18.2 Å². The van der Waals surface area contributed by atoms with Crippen LogP contribution in [0.4, 0.5) is 24.5 Å². The second-order valence-corrected chi connectivity index (χ2v) is 5.83. The van der Waals surface area contributed by atoms with Gasteiger partial charge in [0.25, 0.3) is 5.91 Å². The van der Waals surface area contributed by atoms with Crippen LogP contribution in [0.15, 0.2) is 61.2 Å². The molecule has 4 rings (SSSR count). The third-order valence-electron chi connectivity index (χ3n) is 4.34. The van der Waals surface area contributed by atoms with Crippen molar-refractivity contribution in [3.8, 4) is 0 Å². The molecule has 3 aromatic carbocycles. The zero-order chi connectivity index (χ0) is 17.8. The molecule has 1 amide bonds. The SMILES string of the molecule is C=Cc1cc2c3c(cccc3c1)C(=O)N2c1ccc(C(F)(F)F)cc1. The first-order valence-corrected chi connectivity index (χ1v) is 7.61. The second kappa shape index (κ2) is 5.21. The summed E-state index contributed by atoms with van der Waals surface area (Å²) in [5.41, 5.74) is 1.70. The van der Waals surface area contributed by atoms with Gasteiger partial charge < -0.3 is 0 Å². The number of carbonyl (C=O) groups excluding carboxylic acids is 1. The number of halogens is 3. The molecular weight excluding hydrogens is 327 g/mol. The van der Waals surface area contributed by atoms with Crippen molar-refractivity contribution in [2.24, 2.45) is 0 Å². The molecule has 0 unspecified atom stereocenters. The Kier molecular flexibility index (Phi) is 3.22. The van der Waals surface area contributed by atoms with Crippen LogP contribution in [0.2, 0.25) is 0 Å². The molecule has 0 aromatic heterocycles. The summed E-state index contributed by atoms with van der Waals surface area (Å²) in [6.07, 6.45) is -2.73. The Hall–Kier alpha value is -3.08. The normalized spacial score (nSPS) is 13.6. The lowest BCUT2D eigenvalue weighted by Gasteiger charge is -2.19. The van der Waals surface area contributed by atoms with Crippen LogP contribution in [0.25, 0.3) is 16.8 Å². The van der Waals surface area contributed by atoms with Gasteiger partial charge in [-0.05, 0) is 53.4 Å². The smallest absolute Gasteiger partial charge is 0.276 e. The lowest BCUT2D eigenvalue weighted by molar-refractivity contribution is -0.137. The van der Waals surface area contributed by atoms with Gasteiger partial charge in [-0.25, -0.2) is 0 Å². The molecule has 5 heteroatoms. The van der Waals surface area contributed by atoms with Crippen molar-refractivity contribution in [2.75, 3.05) is 4.90 Å². The fourth-order valence-electron chi connectivity index (χ4n) is 3.19. The molecule has 0 aliphatic carbocycles. The first-order valence-electron chi connectivity index (χ1n) is 7.61. The Morgan fingerprint density at radius 2 is 1.72 bits per heavy atom. The molecule has 2 nitrogen and oxygen atoms in total. The highest BCUT2D eigenvalue weighted by molar-refractivity contribution is 6.28. The van der Waals surface area contributed by atoms with Gasteiger partial charge in [0, 0.05) is 11.1 Å². The van der Waals surface area contributed by atoms with Crippen molar-refractivity contribution >= 4 is 34.1 Å². The summed E-state index contributed by atoms with van der Waals surface area (Å²) in [5, 5.41) is 1.70. The number of nitrogens with zero attached hydrogens (tertiary/aromatic N) is 1. The average Bonchev–Trinajstić information content (AvgIpc) is 2.88. The molecule has 0 N–H and O–H groups in total. The lowest BCUT2D eigenvalue weighted by atomic mass is 10.0. The fourth-order valence-corrected chi connectivity index (χ4v) is 3.19. The van der Waals surface area contributed by atoms with Crippen LogP contribution in [-0.2, 0) is 6.18 Å². The fraction of sp³-hybridized carbons (Fsp3) is 0.0500. The number of anilines is 2. The van der Waals surface area contributed by atoms with Crippen LogP contribution in [-0.4, -0.2) is 5.91 Å². The van der Waals surface area contributed by atoms with Crippen molar-refractivity contribution in [3.63, 3.8) is 0 Å². The number of benzene rings is 3. The summed E-state index contributed by atoms with van der Waals surface area (Å²) in [5.74, 6) is -0.249. The van der Waals surface area contributed by atoms with Gasteiger partial charge in [0.15, 0.2) is 0 Å². The van der Waals surface area contributed by atoms with Crippen molar-refractivity contribution < 1.29 is 18.0 Å². The Labute approximate surface area is 141 Å². The minimum absolute atomic E-state index is 0.249. The van der Waals surface area contributed by atoms with E-state index < -0.39 is 11.7 Å². The Morgan fingerprint density at radius 3 is 2.36 bits per heavy atom. The van der Waals surface area contributed by atoms with Gasteiger partial charge in [-0.1, -0.05) is 24.8 Å². The molecule has 0 fully saturated rings. The van der Waals surface area contributed by atoms with E-state index in [4.69, 9.17) is 0 Å². The minimum Gasteiger partial charge on any atom is -0.276 e. The molecule has 0 saturated carbocycles. The van der Waals surface area contributed by atoms with Crippen LogP contribution < -0.4 is 4.90 Å². The number of amides is 1. The monoisotopic (exact) mass is 339 g/mol. The summed E-state index contributed by atoms with van der Waals surface area (Å²) in [7, 11) is 0. The van der Waals surface area contributed by atoms with Crippen molar-refractivity contribution in [1.82, 2.24) is 0 Å². The van der Waals surface area contributed by atoms with E-state index in [0.29, 0.717) is 16.9 Å². The zero-order valence-corrected chi connectivity index (χ0v) is 13.0. The summed E-state index contributed by atoms with van der Waals surface area (Å²) < 4.78 is 38.3. The highest BCUT2D eigenvalue weighted by Crippen LogP contribution is 2.43. The van der Waals surface area contributed by atoms with Crippen LogP contribution in [0.1, 0.15) is 21.5 Å². The Balaban J connectivity index is 1.90. The van der Waals surface area contributed by atoms with E-state index in [2.05, 4.69) is 6.58 Å². The molecule has 3 aromatic rings. The molecular formula is C20H12F3NO. The molecule has 0 bridgehead atoms. The molecule has 1 aliphatic rings.